The molecule has 0 saturated heterocycles. The van der Waals surface area contributed by atoms with Gasteiger partial charge in [0.15, 0.2) is 0 Å². The van der Waals surface area contributed by atoms with Crippen molar-refractivity contribution in [1.29, 1.82) is 0 Å². The van der Waals surface area contributed by atoms with E-state index in [4.69, 9.17) is 9.47 Å². The summed E-state index contributed by atoms with van der Waals surface area (Å²) in [7, 11) is 3.73. The third kappa shape index (κ3) is 7.85. The number of carbonyl (C=O) groups is 1. The van der Waals surface area contributed by atoms with Crippen LogP contribution in [0.15, 0.2) is 24.3 Å². The SMILES string of the molecule is CCOc1cccc(NC(=O)NCCCN(C)CCOC)c1. The molecule has 2 amide bonds. The van der Waals surface area contributed by atoms with E-state index in [-0.39, 0.29) is 6.03 Å². The molecule has 6 heteroatoms. The minimum absolute atomic E-state index is 0.201. The molecule has 1 rings (SSSR count). The topological polar surface area (TPSA) is 62.8 Å². The maximum Gasteiger partial charge on any atom is 0.319 e. The summed E-state index contributed by atoms with van der Waals surface area (Å²) in [6, 6.07) is 7.16. The predicted molar refractivity (Wildman–Crippen MR) is 88.6 cm³/mol. The van der Waals surface area contributed by atoms with Crippen LogP contribution in [-0.4, -0.2) is 57.9 Å². The first kappa shape index (κ1) is 18.3. The maximum atomic E-state index is 11.8. The first-order valence-electron chi connectivity index (χ1n) is 7.61. The molecule has 0 saturated carbocycles. The average molecular weight is 309 g/mol. The van der Waals surface area contributed by atoms with Gasteiger partial charge in [-0.2, -0.15) is 0 Å². The minimum atomic E-state index is -0.201. The van der Waals surface area contributed by atoms with Crippen LogP contribution in [-0.2, 0) is 4.74 Å². The van der Waals surface area contributed by atoms with Crippen LogP contribution in [0.25, 0.3) is 0 Å². The quantitative estimate of drug-likeness (QED) is 0.650. The molecular weight excluding hydrogens is 282 g/mol. The van der Waals surface area contributed by atoms with Gasteiger partial charge in [-0.05, 0) is 39.1 Å². The van der Waals surface area contributed by atoms with Crippen LogP contribution in [0.5, 0.6) is 5.75 Å². The van der Waals surface area contributed by atoms with Gasteiger partial charge in [-0.3, -0.25) is 0 Å². The van der Waals surface area contributed by atoms with Gasteiger partial charge in [-0.25, -0.2) is 4.79 Å². The Hall–Kier alpha value is -1.79. The molecule has 0 aromatic heterocycles. The van der Waals surface area contributed by atoms with E-state index in [1.165, 1.54) is 0 Å². The highest BCUT2D eigenvalue weighted by atomic mass is 16.5. The molecule has 0 aliphatic rings. The van der Waals surface area contributed by atoms with E-state index in [0.29, 0.717) is 13.2 Å². The van der Waals surface area contributed by atoms with E-state index in [1.54, 1.807) is 7.11 Å². The van der Waals surface area contributed by atoms with Gasteiger partial charge in [0, 0.05) is 32.0 Å². The first-order valence-corrected chi connectivity index (χ1v) is 7.61. The second-order valence-electron chi connectivity index (χ2n) is 4.99. The van der Waals surface area contributed by atoms with Crippen molar-refractivity contribution in [2.45, 2.75) is 13.3 Å². The number of urea groups is 1. The summed E-state index contributed by atoms with van der Waals surface area (Å²) in [6.45, 7) is 5.70. The van der Waals surface area contributed by atoms with E-state index < -0.39 is 0 Å². The fourth-order valence-corrected chi connectivity index (χ4v) is 1.92. The monoisotopic (exact) mass is 309 g/mol. The molecule has 0 aliphatic heterocycles. The molecule has 0 atom stereocenters. The van der Waals surface area contributed by atoms with Gasteiger partial charge < -0.3 is 25.0 Å². The van der Waals surface area contributed by atoms with Crippen LogP contribution in [0.3, 0.4) is 0 Å². The third-order valence-electron chi connectivity index (χ3n) is 3.08. The number of benzene rings is 1. The third-order valence-corrected chi connectivity index (χ3v) is 3.08. The largest absolute Gasteiger partial charge is 0.494 e. The van der Waals surface area contributed by atoms with Crippen molar-refractivity contribution < 1.29 is 14.3 Å². The Balaban J connectivity index is 2.22. The molecule has 0 radical (unpaired) electrons. The summed E-state index contributed by atoms with van der Waals surface area (Å²) in [6.07, 6.45) is 0.895. The Bertz CT molecular complexity index is 440. The molecule has 6 nitrogen and oxygen atoms in total. The number of anilines is 1. The summed E-state index contributed by atoms with van der Waals surface area (Å²) >= 11 is 0. The molecule has 124 valence electrons. The molecule has 0 aliphatic carbocycles. The highest BCUT2D eigenvalue weighted by Gasteiger charge is 2.03. The zero-order valence-corrected chi connectivity index (χ0v) is 13.7. The van der Waals surface area contributed by atoms with E-state index in [2.05, 4.69) is 15.5 Å². The van der Waals surface area contributed by atoms with Crippen molar-refractivity contribution >= 4 is 11.7 Å². The van der Waals surface area contributed by atoms with Gasteiger partial charge in [-0.1, -0.05) is 6.07 Å². The van der Waals surface area contributed by atoms with Crippen molar-refractivity contribution in [2.75, 3.05) is 52.3 Å². The number of nitrogens with one attached hydrogen (secondary N) is 2. The molecule has 2 N–H and O–H groups in total. The highest BCUT2D eigenvalue weighted by Crippen LogP contribution is 2.16. The lowest BCUT2D eigenvalue weighted by Gasteiger charge is -2.16. The second-order valence-corrected chi connectivity index (χ2v) is 4.99. The Labute approximate surface area is 132 Å². The molecule has 0 bridgehead atoms. The second kappa shape index (κ2) is 10.9. The van der Waals surface area contributed by atoms with Gasteiger partial charge in [0.1, 0.15) is 5.75 Å². The van der Waals surface area contributed by atoms with Crippen molar-refractivity contribution in [2.24, 2.45) is 0 Å². The minimum Gasteiger partial charge on any atom is -0.494 e. The Morgan fingerprint density at radius 1 is 1.32 bits per heavy atom. The smallest absolute Gasteiger partial charge is 0.319 e. The standard InChI is InChI=1S/C16H27N3O3/c1-4-22-15-8-5-7-14(13-15)18-16(20)17-9-6-10-19(2)11-12-21-3/h5,7-8,13H,4,6,9-12H2,1-3H3,(H2,17,18,20). The molecule has 1 aromatic carbocycles. The number of amides is 2. The van der Waals surface area contributed by atoms with Crippen molar-refractivity contribution in [3.05, 3.63) is 24.3 Å². The predicted octanol–water partition coefficient (Wildman–Crippen LogP) is 2.18. The molecule has 22 heavy (non-hydrogen) atoms. The summed E-state index contributed by atoms with van der Waals surface area (Å²) in [5.41, 5.74) is 0.723. The summed E-state index contributed by atoms with van der Waals surface area (Å²) in [5.74, 6) is 0.750. The van der Waals surface area contributed by atoms with E-state index in [9.17, 15) is 4.79 Å². The maximum absolute atomic E-state index is 11.8. The number of rotatable bonds is 10. The van der Waals surface area contributed by atoms with Crippen molar-refractivity contribution in [3.8, 4) is 5.75 Å². The van der Waals surface area contributed by atoms with Gasteiger partial charge >= 0.3 is 6.03 Å². The Morgan fingerprint density at radius 2 is 2.14 bits per heavy atom. The van der Waals surface area contributed by atoms with Gasteiger partial charge in [-0.15, -0.1) is 0 Å². The molecular formula is C16H27N3O3. The first-order chi connectivity index (χ1) is 10.7. The van der Waals surface area contributed by atoms with Crippen LogP contribution < -0.4 is 15.4 Å². The number of likely N-dealkylation sites (N-methyl/N-ethyl adjacent to an activating group) is 1. The van der Waals surface area contributed by atoms with Gasteiger partial charge in [0.05, 0.1) is 13.2 Å². The average Bonchev–Trinajstić information content (AvgIpc) is 2.50. The van der Waals surface area contributed by atoms with Crippen LogP contribution in [0.4, 0.5) is 10.5 Å². The summed E-state index contributed by atoms with van der Waals surface area (Å²) < 4.78 is 10.4. The zero-order chi connectivity index (χ0) is 16.2. The van der Waals surface area contributed by atoms with Crippen LogP contribution in [0.2, 0.25) is 0 Å². The lowest BCUT2D eigenvalue weighted by Crippen LogP contribution is -2.32. The number of ether oxygens (including phenoxy) is 2. The lowest BCUT2D eigenvalue weighted by atomic mass is 10.3. The molecule has 0 spiro atoms. The van der Waals surface area contributed by atoms with E-state index in [1.807, 2.05) is 38.2 Å². The summed E-state index contributed by atoms with van der Waals surface area (Å²) in [4.78, 5) is 14.0. The number of carbonyl (C=O) groups excluding carboxylic acids is 1. The normalized spacial score (nSPS) is 10.5. The van der Waals surface area contributed by atoms with Gasteiger partial charge in [0.25, 0.3) is 0 Å². The molecule has 1 aromatic rings. The van der Waals surface area contributed by atoms with Crippen LogP contribution >= 0.6 is 0 Å². The van der Waals surface area contributed by atoms with Crippen LogP contribution in [0, 0.1) is 0 Å². The number of hydrogen-bond donors (Lipinski definition) is 2. The van der Waals surface area contributed by atoms with E-state index >= 15 is 0 Å². The molecule has 0 fully saturated rings. The number of hydrogen-bond acceptors (Lipinski definition) is 4. The Kier molecular flexibility index (Phi) is 9.02. The molecule has 0 unspecified atom stereocenters. The lowest BCUT2D eigenvalue weighted by molar-refractivity contribution is 0.160. The summed E-state index contributed by atoms with van der Waals surface area (Å²) in [5, 5.41) is 5.64. The number of nitrogens with zero attached hydrogens (tertiary/aromatic N) is 1. The van der Waals surface area contributed by atoms with E-state index in [0.717, 1.165) is 37.6 Å². The Morgan fingerprint density at radius 3 is 2.86 bits per heavy atom. The van der Waals surface area contributed by atoms with Gasteiger partial charge in [0.2, 0.25) is 0 Å². The van der Waals surface area contributed by atoms with Crippen molar-refractivity contribution in [1.82, 2.24) is 10.2 Å². The fraction of sp³-hybridized carbons (Fsp3) is 0.562. The van der Waals surface area contributed by atoms with Crippen molar-refractivity contribution in [3.63, 3.8) is 0 Å². The fourth-order valence-electron chi connectivity index (χ4n) is 1.92. The zero-order valence-electron chi connectivity index (χ0n) is 13.7. The highest BCUT2D eigenvalue weighted by molar-refractivity contribution is 5.89. The van der Waals surface area contributed by atoms with Crippen LogP contribution in [0.1, 0.15) is 13.3 Å². The number of methoxy groups -OCH3 is 1. The molecule has 0 heterocycles.